The summed E-state index contributed by atoms with van der Waals surface area (Å²) in [6.07, 6.45) is 0.483. The zero-order valence-electron chi connectivity index (χ0n) is 56.0. The summed E-state index contributed by atoms with van der Waals surface area (Å²) in [4.78, 5) is 182. The summed E-state index contributed by atoms with van der Waals surface area (Å²) >= 11 is 0. The zero-order chi connectivity index (χ0) is 73.6. The van der Waals surface area contributed by atoms with Crippen LogP contribution in [-0.2, 0) is 81.7 Å². The van der Waals surface area contributed by atoms with Crippen molar-refractivity contribution in [3.8, 4) is 0 Å². The van der Waals surface area contributed by atoms with Crippen molar-refractivity contribution >= 4 is 88.7 Å². The number of primary amides is 1. The molecule has 0 saturated heterocycles. The molecular formula is C62H100N22O15. The molecule has 0 fully saturated rings. The highest BCUT2D eigenvalue weighted by Crippen LogP contribution is 2.17. The van der Waals surface area contributed by atoms with Crippen molar-refractivity contribution in [3.05, 3.63) is 71.3 Å². The molecule has 0 saturated carbocycles. The van der Waals surface area contributed by atoms with Crippen LogP contribution in [-0.4, -0.2) is 218 Å². The van der Waals surface area contributed by atoms with Gasteiger partial charge in [-0.3, -0.25) is 72.3 Å². The standard InChI is InChI=1S/C62H100N22O15/c1-34(76-48(88)32-75-60(99)50(36(3)86)84-58(97)45(27-37-15-5-4-6-16-37)78-49(89)31-73-47(87)30-74-54(93)44-28-38-17-7-8-18-39(38)29-72-44)52(91)80-43(22-14-26-71-62(68)69)56(95)82-41(20-10-12-24-64)57(96)83-46(33-85)59(98)77-35(2)53(92)81-42(21-13-25-70-61(66)67)55(94)79-40(51(65)90)19-9-11-23-63/h4-8,15-18,34-36,40-46,50,72,85-86H,9-14,19-33,63-64H2,1-3H3,(H2,65,90)(H,73,87)(H,74,93)(H,75,99)(H,76,88)(H,77,98)(H,78,89)(H,79,94)(H,80,91)(H,81,92)(H,82,95)(H,83,96)(H,84,97)(H4,66,67,70)(H4,68,69,71)/t34-,35-,36+,40-,41-,42-,43-,44-,45-,46-,50-/m0/s1. The molecular weight excluding hydrogens is 1290 g/mol. The Hall–Kier alpha value is -10.1. The SMILES string of the molecule is C[C@H](NC(=O)CNC(=O)[C@@H](NC(=O)[C@H](Cc1ccccc1)NC(=O)CNC(=O)CNC(=O)[C@@H]1Cc2ccccc2CN1)[C@@H](C)O)C(=O)N[C@@H](CCCN=C(N)N)C(=O)N[C@@H](CCCCN)C(=O)N[C@@H](CO)C(=O)N[C@@H](C)C(=O)N[C@@H](CCCN=C(N)N)C(=O)N[C@@H](CCCCN)C(N)=O. The van der Waals surface area contributed by atoms with Gasteiger partial charge in [0.2, 0.25) is 76.8 Å². The summed E-state index contributed by atoms with van der Waals surface area (Å²) < 4.78 is 0. The zero-order valence-corrected chi connectivity index (χ0v) is 56.0. The number of aliphatic hydroxyl groups is 2. The summed E-state index contributed by atoms with van der Waals surface area (Å²) in [5.74, 6) is -11.8. The van der Waals surface area contributed by atoms with E-state index in [0.717, 1.165) is 11.1 Å². The van der Waals surface area contributed by atoms with Crippen molar-refractivity contribution in [1.29, 1.82) is 0 Å². The van der Waals surface area contributed by atoms with Gasteiger partial charge in [0.05, 0.1) is 38.4 Å². The first-order valence-corrected chi connectivity index (χ1v) is 32.5. The number of benzene rings is 2. The highest BCUT2D eigenvalue weighted by Gasteiger charge is 2.35. The molecule has 0 aromatic heterocycles. The maximum atomic E-state index is 14.1. The number of unbranched alkanes of at least 4 members (excludes halogenated alkanes) is 2. The van der Waals surface area contributed by atoms with Crippen molar-refractivity contribution in [2.45, 2.75) is 171 Å². The van der Waals surface area contributed by atoms with Crippen LogP contribution in [0.4, 0.5) is 0 Å². The normalized spacial score (nSPS) is 15.3. The summed E-state index contributed by atoms with van der Waals surface area (Å²) in [6.45, 7) is 1.82. The molecule has 0 unspecified atom stereocenters. The van der Waals surface area contributed by atoms with Gasteiger partial charge in [0.25, 0.3) is 0 Å². The Morgan fingerprint density at radius 2 is 0.919 bits per heavy atom. The number of amides is 13. The van der Waals surface area contributed by atoms with Crippen molar-refractivity contribution in [2.24, 2.45) is 50.1 Å². The monoisotopic (exact) mass is 1390 g/mol. The number of fused-ring (bicyclic) bond motifs is 1. The summed E-state index contributed by atoms with van der Waals surface area (Å²) in [5, 5.41) is 53.5. The Kier molecular flexibility index (Phi) is 37.5. The van der Waals surface area contributed by atoms with Gasteiger partial charge in [0.1, 0.15) is 54.4 Å². The fraction of sp³-hybridized carbons (Fsp3) is 0.565. The maximum absolute atomic E-state index is 14.1. The van der Waals surface area contributed by atoms with E-state index in [9.17, 15) is 72.5 Å². The topological polar surface area (TPSA) is 626 Å². The molecule has 548 valence electrons. The molecule has 1 aliphatic rings. The van der Waals surface area contributed by atoms with Gasteiger partial charge in [-0.25, -0.2) is 0 Å². The van der Waals surface area contributed by atoms with E-state index >= 15 is 0 Å². The molecule has 1 heterocycles. The van der Waals surface area contributed by atoms with Gasteiger partial charge in [-0.1, -0.05) is 54.6 Å². The minimum absolute atomic E-state index is 0.0223. The Balaban J connectivity index is 1.66. The number of nitrogens with two attached hydrogens (primary N) is 7. The first kappa shape index (κ1) is 83.1. The molecule has 1 aliphatic heterocycles. The van der Waals surface area contributed by atoms with Crippen LogP contribution in [0, 0.1) is 0 Å². The number of hydrogen-bond donors (Lipinski definition) is 22. The van der Waals surface area contributed by atoms with E-state index in [4.69, 9.17) is 40.1 Å². The van der Waals surface area contributed by atoms with E-state index in [0.29, 0.717) is 44.3 Å². The van der Waals surface area contributed by atoms with Crippen LogP contribution < -0.4 is 109 Å². The third-order valence-electron chi connectivity index (χ3n) is 15.4. The third-order valence-corrected chi connectivity index (χ3v) is 15.4. The fourth-order valence-electron chi connectivity index (χ4n) is 9.84. The predicted molar refractivity (Wildman–Crippen MR) is 362 cm³/mol. The van der Waals surface area contributed by atoms with Crippen LogP contribution >= 0.6 is 0 Å². The van der Waals surface area contributed by atoms with Gasteiger partial charge in [-0.15, -0.1) is 0 Å². The molecule has 37 nitrogen and oxygen atoms in total. The van der Waals surface area contributed by atoms with Crippen LogP contribution in [0.5, 0.6) is 0 Å². The maximum Gasteiger partial charge on any atom is 0.245 e. The summed E-state index contributed by atoms with van der Waals surface area (Å²) in [6, 6.07) is 2.56. The number of carbonyl (C=O) groups excluding carboxylic acids is 13. The van der Waals surface area contributed by atoms with Crippen LogP contribution in [0.3, 0.4) is 0 Å². The number of aliphatic imine (C=N–C) groups is 2. The van der Waals surface area contributed by atoms with Crippen LogP contribution in [0.25, 0.3) is 0 Å². The fourth-order valence-corrected chi connectivity index (χ4v) is 9.84. The predicted octanol–water partition coefficient (Wildman–Crippen LogP) is -9.08. The van der Waals surface area contributed by atoms with Gasteiger partial charge in [0.15, 0.2) is 11.9 Å². The van der Waals surface area contributed by atoms with Gasteiger partial charge in [-0.2, -0.15) is 0 Å². The van der Waals surface area contributed by atoms with Crippen molar-refractivity contribution in [2.75, 3.05) is 52.4 Å². The van der Waals surface area contributed by atoms with Crippen molar-refractivity contribution < 1.29 is 72.5 Å². The Morgan fingerprint density at radius 3 is 1.44 bits per heavy atom. The van der Waals surface area contributed by atoms with E-state index in [1.54, 1.807) is 30.3 Å². The second-order valence-electron chi connectivity index (χ2n) is 23.5. The highest BCUT2D eigenvalue weighted by atomic mass is 16.3. The van der Waals surface area contributed by atoms with Crippen LogP contribution in [0.2, 0.25) is 0 Å². The van der Waals surface area contributed by atoms with E-state index in [1.807, 2.05) is 24.3 Å². The van der Waals surface area contributed by atoms with Crippen LogP contribution in [0.15, 0.2) is 64.6 Å². The van der Waals surface area contributed by atoms with E-state index in [1.165, 1.54) is 20.8 Å². The van der Waals surface area contributed by atoms with E-state index in [2.05, 4.69) is 79.1 Å². The van der Waals surface area contributed by atoms with Gasteiger partial charge in [-0.05, 0) is 121 Å². The molecule has 13 amide bonds. The number of carbonyl (C=O) groups is 13. The molecule has 0 spiro atoms. The number of guanidine groups is 2. The molecule has 0 aliphatic carbocycles. The second kappa shape index (κ2) is 44.7. The number of aliphatic hydroxyl groups excluding tert-OH is 2. The molecule has 11 atom stereocenters. The number of nitrogens with zero attached hydrogens (tertiary/aromatic N) is 2. The van der Waals surface area contributed by atoms with E-state index < -0.39 is 170 Å². The highest BCUT2D eigenvalue weighted by molar-refractivity contribution is 5.99. The Bertz CT molecular complexity index is 3100. The lowest BCUT2D eigenvalue weighted by molar-refractivity contribution is -0.136. The van der Waals surface area contributed by atoms with E-state index in [-0.39, 0.29) is 82.9 Å². The smallest absolute Gasteiger partial charge is 0.245 e. The van der Waals surface area contributed by atoms with Crippen molar-refractivity contribution in [1.82, 2.24) is 69.1 Å². The minimum Gasteiger partial charge on any atom is -0.394 e. The van der Waals surface area contributed by atoms with Gasteiger partial charge >= 0.3 is 0 Å². The lowest BCUT2D eigenvalue weighted by Crippen LogP contribution is -2.60. The second-order valence-corrected chi connectivity index (χ2v) is 23.5. The average molecular weight is 1390 g/mol. The number of hydrogen-bond acceptors (Lipinski definition) is 20. The number of rotatable bonds is 45. The van der Waals surface area contributed by atoms with Gasteiger partial charge in [0, 0.05) is 26.1 Å². The minimum atomic E-state index is -1.73. The Labute approximate surface area is 573 Å². The molecule has 0 radical (unpaired) electrons. The largest absolute Gasteiger partial charge is 0.394 e. The molecule has 37 heteroatoms. The Morgan fingerprint density at radius 1 is 0.475 bits per heavy atom. The lowest BCUT2D eigenvalue weighted by atomic mass is 9.95. The first-order chi connectivity index (χ1) is 47.1. The summed E-state index contributed by atoms with van der Waals surface area (Å²) in [5.41, 5.74) is 41.3. The first-order valence-electron chi connectivity index (χ1n) is 32.5. The van der Waals surface area contributed by atoms with Gasteiger partial charge < -0.3 is 119 Å². The number of nitrogens with one attached hydrogen (secondary N) is 13. The quantitative estimate of drug-likeness (QED) is 0.0166. The molecule has 99 heavy (non-hydrogen) atoms. The lowest BCUT2D eigenvalue weighted by Gasteiger charge is -2.26. The van der Waals surface area contributed by atoms with Crippen molar-refractivity contribution in [3.63, 3.8) is 0 Å². The third kappa shape index (κ3) is 31.8. The average Bonchev–Trinajstić information content (AvgIpc) is 0.850. The summed E-state index contributed by atoms with van der Waals surface area (Å²) in [7, 11) is 0. The molecule has 0 bridgehead atoms. The molecule has 2 aromatic carbocycles. The molecule has 2 aromatic rings. The molecule has 3 rings (SSSR count). The molecule has 29 N–H and O–H groups in total. The van der Waals surface area contributed by atoms with Crippen LogP contribution in [0.1, 0.15) is 102 Å².